The average molecular weight is 367 g/mol. The highest BCUT2D eigenvalue weighted by Gasteiger charge is 2.19. The number of amides is 1. The van der Waals surface area contributed by atoms with Crippen molar-refractivity contribution in [2.75, 3.05) is 19.5 Å². The summed E-state index contributed by atoms with van der Waals surface area (Å²) in [6.45, 7) is 0. The van der Waals surface area contributed by atoms with Gasteiger partial charge >= 0.3 is 0 Å². The molecule has 0 unspecified atom stereocenters. The van der Waals surface area contributed by atoms with Crippen molar-refractivity contribution in [3.8, 4) is 11.5 Å². The minimum absolute atomic E-state index is 0.0313. The molecule has 0 fully saturated rings. The van der Waals surface area contributed by atoms with Crippen molar-refractivity contribution >= 4 is 44.2 Å². The van der Waals surface area contributed by atoms with Gasteiger partial charge in [-0.1, -0.05) is 29.0 Å². The van der Waals surface area contributed by atoms with Gasteiger partial charge in [-0.25, -0.2) is 9.37 Å². The van der Waals surface area contributed by atoms with Crippen molar-refractivity contribution < 1.29 is 18.7 Å². The lowest BCUT2D eigenvalue weighted by atomic mass is 10.2. The maximum absolute atomic E-state index is 13.8. The molecule has 1 amide bonds. The fourth-order valence-electron chi connectivity index (χ4n) is 2.21. The van der Waals surface area contributed by atoms with E-state index >= 15 is 0 Å². The van der Waals surface area contributed by atoms with Gasteiger partial charge in [-0.15, -0.1) is 0 Å². The van der Waals surface area contributed by atoms with Gasteiger partial charge in [0.15, 0.2) is 5.13 Å². The molecule has 0 aliphatic rings. The van der Waals surface area contributed by atoms with Gasteiger partial charge in [0.05, 0.1) is 24.8 Å². The standard InChI is InChI=1S/C16H12ClFN2O3S/c1-22-10-6-7-11(23-2)14-13(10)19-16(24-14)20-15(21)12-8(17)4-3-5-9(12)18/h3-7H,1-2H3,(H,19,20,21). The normalized spacial score (nSPS) is 10.7. The molecule has 24 heavy (non-hydrogen) atoms. The molecule has 0 aliphatic heterocycles. The first-order chi connectivity index (χ1) is 11.5. The van der Waals surface area contributed by atoms with Crippen LogP contribution in [0.4, 0.5) is 9.52 Å². The van der Waals surface area contributed by atoms with Gasteiger partial charge in [0.2, 0.25) is 0 Å². The number of anilines is 1. The number of thiazole rings is 1. The minimum atomic E-state index is -0.698. The number of fused-ring (bicyclic) bond motifs is 1. The van der Waals surface area contributed by atoms with Crippen molar-refractivity contribution in [2.24, 2.45) is 0 Å². The quantitative estimate of drug-likeness (QED) is 0.745. The van der Waals surface area contributed by atoms with Crippen LogP contribution in [-0.2, 0) is 0 Å². The third kappa shape index (κ3) is 2.88. The van der Waals surface area contributed by atoms with E-state index in [0.717, 1.165) is 0 Å². The van der Waals surface area contributed by atoms with E-state index in [1.807, 2.05) is 0 Å². The SMILES string of the molecule is COc1ccc(OC)c2sc(NC(=O)c3c(F)cccc3Cl)nc12. The van der Waals surface area contributed by atoms with E-state index in [0.29, 0.717) is 21.7 Å². The van der Waals surface area contributed by atoms with Crippen LogP contribution in [0.1, 0.15) is 10.4 Å². The van der Waals surface area contributed by atoms with Crippen LogP contribution in [0.25, 0.3) is 10.2 Å². The molecule has 0 atom stereocenters. The minimum Gasteiger partial charge on any atom is -0.495 e. The number of hydrogen-bond donors (Lipinski definition) is 1. The lowest BCUT2D eigenvalue weighted by Gasteiger charge is -2.04. The van der Waals surface area contributed by atoms with Crippen LogP contribution in [0.15, 0.2) is 30.3 Å². The molecule has 0 aliphatic carbocycles. The molecule has 1 aromatic heterocycles. The number of nitrogens with zero attached hydrogens (tertiary/aromatic N) is 1. The number of nitrogens with one attached hydrogen (secondary N) is 1. The summed E-state index contributed by atoms with van der Waals surface area (Å²) in [5.74, 6) is -0.217. The van der Waals surface area contributed by atoms with Crippen LogP contribution >= 0.6 is 22.9 Å². The number of halogens is 2. The molecule has 0 bridgehead atoms. The molecule has 0 radical (unpaired) electrons. The summed E-state index contributed by atoms with van der Waals surface area (Å²) in [5, 5.41) is 2.89. The van der Waals surface area contributed by atoms with Crippen LogP contribution in [0.3, 0.4) is 0 Å². The number of carbonyl (C=O) groups excluding carboxylic acids is 1. The summed E-state index contributed by atoms with van der Waals surface area (Å²) in [7, 11) is 3.07. The number of methoxy groups -OCH3 is 2. The molecule has 0 spiro atoms. The highest BCUT2D eigenvalue weighted by atomic mass is 35.5. The Morgan fingerprint density at radius 1 is 1.21 bits per heavy atom. The molecule has 2 aromatic carbocycles. The molecule has 1 heterocycles. The van der Waals surface area contributed by atoms with Gasteiger partial charge in [-0.3, -0.25) is 10.1 Å². The van der Waals surface area contributed by atoms with E-state index in [2.05, 4.69) is 10.3 Å². The predicted molar refractivity (Wildman–Crippen MR) is 92.1 cm³/mol. The Kier molecular flexibility index (Phi) is 4.55. The average Bonchev–Trinajstić information content (AvgIpc) is 2.97. The van der Waals surface area contributed by atoms with Crippen molar-refractivity contribution in [3.05, 3.63) is 46.7 Å². The molecule has 3 rings (SSSR count). The van der Waals surface area contributed by atoms with E-state index in [-0.39, 0.29) is 15.7 Å². The zero-order chi connectivity index (χ0) is 17.3. The molecular weight excluding hydrogens is 355 g/mol. The Labute approximate surface area is 146 Å². The predicted octanol–water partition coefficient (Wildman–Crippen LogP) is 4.36. The topological polar surface area (TPSA) is 60.5 Å². The summed E-state index contributed by atoms with van der Waals surface area (Å²) < 4.78 is 25.1. The molecule has 3 aromatic rings. The van der Waals surface area contributed by atoms with Gasteiger partial charge in [0.25, 0.3) is 5.91 Å². The zero-order valence-corrected chi connectivity index (χ0v) is 14.3. The molecule has 8 heteroatoms. The molecular formula is C16H12ClFN2O3S. The molecule has 0 saturated carbocycles. The third-order valence-electron chi connectivity index (χ3n) is 3.32. The first-order valence-electron chi connectivity index (χ1n) is 6.82. The molecule has 0 saturated heterocycles. The Morgan fingerprint density at radius 3 is 2.58 bits per heavy atom. The number of aromatic nitrogens is 1. The second-order valence-electron chi connectivity index (χ2n) is 4.72. The second-order valence-corrected chi connectivity index (χ2v) is 6.12. The molecule has 1 N–H and O–H groups in total. The van der Waals surface area contributed by atoms with Gasteiger partial charge in [-0.2, -0.15) is 0 Å². The first-order valence-corrected chi connectivity index (χ1v) is 8.01. The lowest BCUT2D eigenvalue weighted by Crippen LogP contribution is -2.14. The van der Waals surface area contributed by atoms with Crippen LogP contribution in [0.2, 0.25) is 5.02 Å². The summed E-state index contributed by atoms with van der Waals surface area (Å²) in [6.07, 6.45) is 0. The van der Waals surface area contributed by atoms with Crippen molar-refractivity contribution in [3.63, 3.8) is 0 Å². The first kappa shape index (κ1) is 16.5. The highest BCUT2D eigenvalue weighted by Crippen LogP contribution is 2.39. The van der Waals surface area contributed by atoms with Gasteiger partial charge in [0, 0.05) is 0 Å². The van der Waals surface area contributed by atoms with Crippen molar-refractivity contribution in [1.82, 2.24) is 4.98 Å². The van der Waals surface area contributed by atoms with Crippen LogP contribution < -0.4 is 14.8 Å². The second kappa shape index (κ2) is 6.62. The fraction of sp³-hybridized carbons (Fsp3) is 0.125. The number of ether oxygens (including phenoxy) is 2. The fourth-order valence-corrected chi connectivity index (χ4v) is 3.43. The van der Waals surface area contributed by atoms with Crippen LogP contribution in [0, 0.1) is 5.82 Å². The maximum Gasteiger partial charge on any atom is 0.261 e. The van der Waals surface area contributed by atoms with E-state index in [1.165, 1.54) is 36.6 Å². The monoisotopic (exact) mass is 366 g/mol. The van der Waals surface area contributed by atoms with E-state index < -0.39 is 11.7 Å². The number of benzene rings is 2. The Morgan fingerprint density at radius 2 is 1.92 bits per heavy atom. The van der Waals surface area contributed by atoms with Gasteiger partial charge in [0.1, 0.15) is 27.5 Å². The maximum atomic E-state index is 13.8. The van der Waals surface area contributed by atoms with Crippen molar-refractivity contribution in [2.45, 2.75) is 0 Å². The smallest absolute Gasteiger partial charge is 0.261 e. The molecule has 5 nitrogen and oxygen atoms in total. The summed E-state index contributed by atoms with van der Waals surface area (Å²) >= 11 is 7.11. The lowest BCUT2D eigenvalue weighted by molar-refractivity contribution is 0.102. The Bertz CT molecular complexity index is 868. The van der Waals surface area contributed by atoms with E-state index in [4.69, 9.17) is 21.1 Å². The van der Waals surface area contributed by atoms with Gasteiger partial charge in [-0.05, 0) is 24.3 Å². The Hall–Kier alpha value is -2.38. The van der Waals surface area contributed by atoms with E-state index in [1.54, 1.807) is 19.2 Å². The highest BCUT2D eigenvalue weighted by molar-refractivity contribution is 7.22. The van der Waals surface area contributed by atoms with E-state index in [9.17, 15) is 9.18 Å². The largest absolute Gasteiger partial charge is 0.495 e. The van der Waals surface area contributed by atoms with Crippen molar-refractivity contribution in [1.29, 1.82) is 0 Å². The summed E-state index contributed by atoms with van der Waals surface area (Å²) in [4.78, 5) is 16.6. The van der Waals surface area contributed by atoms with Crippen LogP contribution in [-0.4, -0.2) is 25.1 Å². The van der Waals surface area contributed by atoms with Crippen LogP contribution in [0.5, 0.6) is 11.5 Å². The third-order valence-corrected chi connectivity index (χ3v) is 4.62. The van der Waals surface area contributed by atoms with Gasteiger partial charge < -0.3 is 9.47 Å². The number of rotatable bonds is 4. The zero-order valence-electron chi connectivity index (χ0n) is 12.7. The number of carbonyl (C=O) groups is 1. The Balaban J connectivity index is 2.00. The summed E-state index contributed by atoms with van der Waals surface area (Å²) in [6, 6.07) is 7.52. The molecule has 124 valence electrons. The number of hydrogen-bond acceptors (Lipinski definition) is 5. The summed E-state index contributed by atoms with van der Waals surface area (Å²) in [5.41, 5.74) is 0.328.